The van der Waals surface area contributed by atoms with E-state index in [4.69, 9.17) is 0 Å². The Morgan fingerprint density at radius 3 is 2.00 bits per heavy atom. The van der Waals surface area contributed by atoms with Gasteiger partial charge in [0, 0.05) is 12.6 Å². The largest absolute Gasteiger partial charge is 0.313 e. The Labute approximate surface area is 135 Å². The summed E-state index contributed by atoms with van der Waals surface area (Å²) in [5.74, 6) is 0. The fourth-order valence-corrected chi connectivity index (χ4v) is 4.05. The standard InChI is InChI=1S/C15H26N2O2S.ClH/c1-7-16-12(4)9-17-20(18,19)15-13(5)10(2)8-11(3)14(15)6;/h8,12,16-17H,7,9H2,1-6H3;1H/t12-;/m1./s1. The molecule has 0 bridgehead atoms. The summed E-state index contributed by atoms with van der Waals surface area (Å²) >= 11 is 0. The summed E-state index contributed by atoms with van der Waals surface area (Å²) in [6.07, 6.45) is 0. The highest BCUT2D eigenvalue weighted by Gasteiger charge is 2.22. The van der Waals surface area contributed by atoms with Crippen LogP contribution in [0.3, 0.4) is 0 Å². The van der Waals surface area contributed by atoms with Crippen molar-refractivity contribution in [2.24, 2.45) is 0 Å². The fourth-order valence-electron chi connectivity index (χ4n) is 2.31. The van der Waals surface area contributed by atoms with Crippen molar-refractivity contribution in [3.8, 4) is 0 Å². The van der Waals surface area contributed by atoms with Crippen molar-refractivity contribution in [1.29, 1.82) is 0 Å². The number of halogens is 1. The van der Waals surface area contributed by atoms with Crippen LogP contribution in [0, 0.1) is 27.7 Å². The molecule has 0 aromatic heterocycles. The van der Waals surface area contributed by atoms with Gasteiger partial charge in [0.1, 0.15) is 0 Å². The van der Waals surface area contributed by atoms with Crippen LogP contribution in [0.25, 0.3) is 0 Å². The normalized spacial score (nSPS) is 12.9. The molecular weight excluding hydrogens is 308 g/mol. The average Bonchev–Trinajstić information content (AvgIpc) is 2.35. The Kier molecular flexibility index (Phi) is 7.89. The summed E-state index contributed by atoms with van der Waals surface area (Å²) in [6.45, 7) is 12.8. The first-order chi connectivity index (χ1) is 9.20. The van der Waals surface area contributed by atoms with Gasteiger partial charge in [0.05, 0.1) is 4.90 Å². The van der Waals surface area contributed by atoms with Crippen molar-refractivity contribution in [3.05, 3.63) is 28.3 Å². The predicted octanol–water partition coefficient (Wildman–Crippen LogP) is 2.62. The first-order valence-electron chi connectivity index (χ1n) is 7.01. The van der Waals surface area contributed by atoms with Gasteiger partial charge in [-0.1, -0.05) is 13.0 Å². The molecule has 122 valence electrons. The third-order valence-electron chi connectivity index (χ3n) is 3.70. The molecule has 0 saturated heterocycles. The lowest BCUT2D eigenvalue weighted by molar-refractivity contribution is 0.535. The lowest BCUT2D eigenvalue weighted by Crippen LogP contribution is -2.39. The van der Waals surface area contributed by atoms with Gasteiger partial charge in [-0.05, 0) is 63.4 Å². The van der Waals surface area contributed by atoms with Crippen LogP contribution in [0.2, 0.25) is 0 Å². The number of benzene rings is 1. The molecule has 0 heterocycles. The Hall–Kier alpha value is -0.620. The maximum Gasteiger partial charge on any atom is 0.241 e. The molecule has 0 amide bonds. The molecule has 1 atom stereocenters. The van der Waals surface area contributed by atoms with Crippen molar-refractivity contribution < 1.29 is 8.42 Å². The number of rotatable bonds is 6. The summed E-state index contributed by atoms with van der Waals surface area (Å²) in [7, 11) is -3.47. The van der Waals surface area contributed by atoms with Gasteiger partial charge < -0.3 is 5.32 Å². The van der Waals surface area contributed by atoms with Gasteiger partial charge in [-0.2, -0.15) is 0 Å². The van der Waals surface area contributed by atoms with Crippen LogP contribution < -0.4 is 10.0 Å². The first kappa shape index (κ1) is 20.4. The molecule has 4 nitrogen and oxygen atoms in total. The van der Waals surface area contributed by atoms with E-state index in [1.165, 1.54) is 0 Å². The molecule has 0 aliphatic heterocycles. The molecule has 21 heavy (non-hydrogen) atoms. The highest BCUT2D eigenvalue weighted by Crippen LogP contribution is 2.25. The van der Waals surface area contributed by atoms with Crippen LogP contribution in [0.5, 0.6) is 0 Å². The monoisotopic (exact) mass is 334 g/mol. The van der Waals surface area contributed by atoms with E-state index in [9.17, 15) is 8.42 Å². The Bertz CT molecular complexity index is 560. The summed E-state index contributed by atoms with van der Waals surface area (Å²) in [4.78, 5) is 0.429. The molecule has 1 aromatic carbocycles. The van der Waals surface area contributed by atoms with E-state index in [2.05, 4.69) is 10.0 Å². The zero-order valence-electron chi connectivity index (χ0n) is 13.7. The van der Waals surface area contributed by atoms with Crippen LogP contribution in [0.15, 0.2) is 11.0 Å². The van der Waals surface area contributed by atoms with Crippen LogP contribution in [-0.4, -0.2) is 27.5 Å². The number of sulfonamides is 1. The second kappa shape index (κ2) is 8.13. The molecule has 0 spiro atoms. The number of hydrogen-bond acceptors (Lipinski definition) is 3. The van der Waals surface area contributed by atoms with Gasteiger partial charge in [-0.3, -0.25) is 0 Å². The molecule has 0 aliphatic rings. The third-order valence-corrected chi connectivity index (χ3v) is 5.39. The van der Waals surface area contributed by atoms with Crippen molar-refractivity contribution in [1.82, 2.24) is 10.0 Å². The van der Waals surface area contributed by atoms with E-state index in [0.717, 1.165) is 28.8 Å². The number of nitrogens with one attached hydrogen (secondary N) is 2. The van der Waals surface area contributed by atoms with E-state index in [-0.39, 0.29) is 18.4 Å². The van der Waals surface area contributed by atoms with Gasteiger partial charge in [0.25, 0.3) is 0 Å². The molecular formula is C15H27ClN2O2S. The second-order valence-electron chi connectivity index (χ2n) is 5.40. The zero-order chi connectivity index (χ0) is 15.5. The van der Waals surface area contributed by atoms with E-state index in [1.54, 1.807) is 0 Å². The summed E-state index contributed by atoms with van der Waals surface area (Å²) in [5.41, 5.74) is 3.68. The summed E-state index contributed by atoms with van der Waals surface area (Å²) in [5, 5.41) is 3.19. The maximum absolute atomic E-state index is 12.5. The van der Waals surface area contributed by atoms with Gasteiger partial charge >= 0.3 is 0 Å². The molecule has 0 aliphatic carbocycles. The molecule has 6 heteroatoms. The minimum atomic E-state index is -3.47. The SMILES string of the molecule is CCN[C@H](C)CNS(=O)(=O)c1c(C)c(C)cc(C)c1C.Cl. The molecule has 2 N–H and O–H groups in total. The first-order valence-corrected chi connectivity index (χ1v) is 8.49. The Balaban J connectivity index is 0.00000400. The highest BCUT2D eigenvalue weighted by atomic mass is 35.5. The smallest absolute Gasteiger partial charge is 0.241 e. The second-order valence-corrected chi connectivity index (χ2v) is 7.10. The zero-order valence-corrected chi connectivity index (χ0v) is 15.3. The maximum atomic E-state index is 12.5. The van der Waals surface area contributed by atoms with Gasteiger partial charge in [0.15, 0.2) is 0 Å². The minimum Gasteiger partial charge on any atom is -0.313 e. The summed E-state index contributed by atoms with van der Waals surface area (Å²) < 4.78 is 27.8. The van der Waals surface area contributed by atoms with Crippen LogP contribution >= 0.6 is 12.4 Å². The topological polar surface area (TPSA) is 58.2 Å². The van der Waals surface area contributed by atoms with Crippen molar-refractivity contribution in [2.45, 2.75) is 52.5 Å². The van der Waals surface area contributed by atoms with Crippen molar-refractivity contribution in [3.63, 3.8) is 0 Å². The van der Waals surface area contributed by atoms with Gasteiger partial charge in [-0.15, -0.1) is 12.4 Å². The highest BCUT2D eigenvalue weighted by molar-refractivity contribution is 7.89. The van der Waals surface area contributed by atoms with Crippen LogP contribution in [-0.2, 0) is 10.0 Å². The quantitative estimate of drug-likeness (QED) is 0.840. The van der Waals surface area contributed by atoms with E-state index >= 15 is 0 Å². The Morgan fingerprint density at radius 2 is 1.57 bits per heavy atom. The molecule has 0 fully saturated rings. The fraction of sp³-hybridized carbons (Fsp3) is 0.600. The number of hydrogen-bond donors (Lipinski definition) is 2. The molecule has 0 radical (unpaired) electrons. The van der Waals surface area contributed by atoms with E-state index in [0.29, 0.717) is 11.4 Å². The van der Waals surface area contributed by atoms with Crippen LogP contribution in [0.1, 0.15) is 36.1 Å². The summed E-state index contributed by atoms with van der Waals surface area (Å²) in [6, 6.07) is 2.14. The third kappa shape index (κ3) is 4.95. The molecule has 0 saturated carbocycles. The molecule has 1 rings (SSSR count). The molecule has 1 aromatic rings. The number of likely N-dealkylation sites (N-methyl/N-ethyl adjacent to an activating group) is 1. The Morgan fingerprint density at radius 1 is 1.10 bits per heavy atom. The lowest BCUT2D eigenvalue weighted by atomic mass is 10.0. The predicted molar refractivity (Wildman–Crippen MR) is 91.0 cm³/mol. The minimum absolute atomic E-state index is 0. The number of aryl methyl sites for hydroxylation is 2. The van der Waals surface area contributed by atoms with E-state index in [1.807, 2.05) is 47.6 Å². The van der Waals surface area contributed by atoms with Gasteiger partial charge in [0.2, 0.25) is 10.0 Å². The molecule has 0 unspecified atom stereocenters. The average molecular weight is 335 g/mol. The van der Waals surface area contributed by atoms with Crippen molar-refractivity contribution >= 4 is 22.4 Å². The van der Waals surface area contributed by atoms with Crippen molar-refractivity contribution in [2.75, 3.05) is 13.1 Å². The van der Waals surface area contributed by atoms with Gasteiger partial charge in [-0.25, -0.2) is 13.1 Å². The lowest BCUT2D eigenvalue weighted by Gasteiger charge is -2.18. The van der Waals surface area contributed by atoms with E-state index < -0.39 is 10.0 Å². The van der Waals surface area contributed by atoms with Crippen LogP contribution in [0.4, 0.5) is 0 Å².